The van der Waals surface area contributed by atoms with Gasteiger partial charge in [0.25, 0.3) is 10.0 Å². The van der Waals surface area contributed by atoms with Gasteiger partial charge in [-0.25, -0.2) is 12.8 Å². The number of nitrogens with one attached hydrogen (secondary N) is 2. The van der Waals surface area contributed by atoms with Gasteiger partial charge in [-0.05, 0) is 79.7 Å². The molecule has 0 radical (unpaired) electrons. The Morgan fingerprint density at radius 2 is 1.52 bits per heavy atom. The maximum atomic E-state index is 13.0. The van der Waals surface area contributed by atoms with Crippen LogP contribution in [0.1, 0.15) is 6.92 Å². The molecule has 0 aliphatic heterocycles. The number of sulfonamides is 1. The Morgan fingerprint density at radius 3 is 2.10 bits per heavy atom. The van der Waals surface area contributed by atoms with Crippen molar-refractivity contribution >= 4 is 39.1 Å². The maximum absolute atomic E-state index is 13.0. The first-order valence-electron chi connectivity index (χ1n) is 9.27. The SMILES string of the molecule is COc1ccc(S[C@@H](C)C(=O)Nc2ccc(S(=O)(=O)Nc3ccc(F)cc3)cc2)cc1. The Balaban J connectivity index is 1.61. The molecule has 2 N–H and O–H groups in total. The van der Waals surface area contributed by atoms with Gasteiger partial charge in [0.1, 0.15) is 11.6 Å². The number of halogens is 1. The second kappa shape index (κ2) is 9.84. The molecule has 0 aliphatic rings. The normalized spacial score (nSPS) is 12.1. The van der Waals surface area contributed by atoms with E-state index in [1.165, 1.54) is 60.3 Å². The Morgan fingerprint density at radius 1 is 0.935 bits per heavy atom. The summed E-state index contributed by atoms with van der Waals surface area (Å²) in [6, 6.07) is 18.2. The molecular formula is C22H21FN2O4S2. The standard InChI is InChI=1S/C22H21FN2O4S2/c1-15(30-20-11-9-19(29-2)10-12-20)22(26)24-17-7-13-21(14-8-17)31(27,28)25-18-5-3-16(23)4-6-18/h3-15,25H,1-2H3,(H,24,26)/t15-/m0/s1. The first kappa shape index (κ1) is 22.6. The van der Waals surface area contributed by atoms with Gasteiger partial charge in [0.05, 0.1) is 17.3 Å². The number of hydrogen-bond donors (Lipinski definition) is 2. The number of ether oxygens (including phenoxy) is 1. The van der Waals surface area contributed by atoms with E-state index in [0.29, 0.717) is 5.69 Å². The van der Waals surface area contributed by atoms with E-state index in [4.69, 9.17) is 4.74 Å². The van der Waals surface area contributed by atoms with Crippen LogP contribution in [0.15, 0.2) is 82.6 Å². The Hall–Kier alpha value is -3.04. The Kier molecular flexibility index (Phi) is 7.19. The lowest BCUT2D eigenvalue weighted by atomic mass is 10.3. The fourth-order valence-corrected chi connectivity index (χ4v) is 4.53. The fraction of sp³-hybridized carbons (Fsp3) is 0.136. The Bertz CT molecular complexity index is 1130. The maximum Gasteiger partial charge on any atom is 0.261 e. The highest BCUT2D eigenvalue weighted by Crippen LogP contribution is 2.26. The lowest BCUT2D eigenvalue weighted by Gasteiger charge is -2.13. The summed E-state index contributed by atoms with van der Waals surface area (Å²) < 4.78 is 45.4. The molecule has 0 aliphatic carbocycles. The molecule has 0 heterocycles. The summed E-state index contributed by atoms with van der Waals surface area (Å²) in [6.07, 6.45) is 0. The fourth-order valence-electron chi connectivity index (χ4n) is 2.61. The molecule has 0 saturated heterocycles. The molecule has 6 nitrogen and oxygen atoms in total. The van der Waals surface area contributed by atoms with Gasteiger partial charge in [-0.15, -0.1) is 11.8 Å². The van der Waals surface area contributed by atoms with Crippen LogP contribution in [0.2, 0.25) is 0 Å². The van der Waals surface area contributed by atoms with Crippen molar-refractivity contribution in [2.45, 2.75) is 22.0 Å². The number of thioether (sulfide) groups is 1. The zero-order valence-electron chi connectivity index (χ0n) is 16.8. The lowest BCUT2D eigenvalue weighted by Crippen LogP contribution is -2.22. The largest absolute Gasteiger partial charge is 0.497 e. The minimum atomic E-state index is -3.83. The molecule has 9 heteroatoms. The lowest BCUT2D eigenvalue weighted by molar-refractivity contribution is -0.115. The second-order valence-corrected chi connectivity index (χ2v) is 9.66. The molecule has 3 aromatic rings. The van der Waals surface area contributed by atoms with Gasteiger partial charge in [-0.1, -0.05) is 0 Å². The molecule has 1 amide bonds. The predicted octanol–water partition coefficient (Wildman–Crippen LogP) is 4.75. The summed E-state index contributed by atoms with van der Waals surface area (Å²) in [6.45, 7) is 1.79. The molecule has 162 valence electrons. The van der Waals surface area contributed by atoms with Crippen LogP contribution >= 0.6 is 11.8 Å². The van der Waals surface area contributed by atoms with Crippen molar-refractivity contribution in [1.82, 2.24) is 0 Å². The number of rotatable bonds is 8. The molecule has 0 spiro atoms. The van der Waals surface area contributed by atoms with E-state index in [-0.39, 0.29) is 21.7 Å². The van der Waals surface area contributed by atoms with Crippen LogP contribution in [0.3, 0.4) is 0 Å². The zero-order chi connectivity index (χ0) is 22.4. The smallest absolute Gasteiger partial charge is 0.261 e. The summed E-state index contributed by atoms with van der Waals surface area (Å²) >= 11 is 1.40. The molecule has 0 fully saturated rings. The van der Waals surface area contributed by atoms with Gasteiger partial charge in [0.2, 0.25) is 5.91 Å². The van der Waals surface area contributed by atoms with Gasteiger partial charge in [-0.3, -0.25) is 9.52 Å². The summed E-state index contributed by atoms with van der Waals surface area (Å²) in [7, 11) is -2.24. The molecule has 0 saturated carbocycles. The van der Waals surface area contributed by atoms with Crippen molar-refractivity contribution in [1.29, 1.82) is 0 Å². The molecule has 0 aromatic heterocycles. The minimum Gasteiger partial charge on any atom is -0.497 e. The number of methoxy groups -OCH3 is 1. The van der Waals surface area contributed by atoms with Gasteiger partial charge >= 0.3 is 0 Å². The van der Waals surface area contributed by atoms with Crippen LogP contribution in [0.25, 0.3) is 0 Å². The van der Waals surface area contributed by atoms with Crippen molar-refractivity contribution in [2.75, 3.05) is 17.1 Å². The van der Waals surface area contributed by atoms with Crippen LogP contribution in [0, 0.1) is 5.82 Å². The molecule has 3 rings (SSSR count). The average molecular weight is 461 g/mol. The number of hydrogen-bond acceptors (Lipinski definition) is 5. The summed E-state index contributed by atoms with van der Waals surface area (Å²) in [5.74, 6) is 0.0775. The number of benzene rings is 3. The van der Waals surface area contributed by atoms with E-state index in [2.05, 4.69) is 10.0 Å². The highest BCUT2D eigenvalue weighted by Gasteiger charge is 2.17. The average Bonchev–Trinajstić information content (AvgIpc) is 2.76. The van der Waals surface area contributed by atoms with E-state index in [1.807, 2.05) is 24.3 Å². The van der Waals surface area contributed by atoms with Gasteiger partial charge < -0.3 is 10.1 Å². The van der Waals surface area contributed by atoms with Crippen molar-refractivity contribution in [3.05, 3.63) is 78.6 Å². The van der Waals surface area contributed by atoms with Crippen LogP contribution in [0.4, 0.5) is 15.8 Å². The molecule has 1 atom stereocenters. The Labute approximate surface area is 184 Å². The monoisotopic (exact) mass is 460 g/mol. The van der Waals surface area contributed by atoms with Gasteiger partial charge in [0.15, 0.2) is 0 Å². The van der Waals surface area contributed by atoms with Crippen LogP contribution in [0.5, 0.6) is 5.75 Å². The number of anilines is 2. The second-order valence-electron chi connectivity index (χ2n) is 6.56. The highest BCUT2D eigenvalue weighted by molar-refractivity contribution is 8.00. The third-order valence-electron chi connectivity index (χ3n) is 4.27. The van der Waals surface area contributed by atoms with Crippen LogP contribution in [-0.2, 0) is 14.8 Å². The van der Waals surface area contributed by atoms with Crippen molar-refractivity contribution < 1.29 is 22.3 Å². The van der Waals surface area contributed by atoms with Crippen molar-refractivity contribution in [2.24, 2.45) is 0 Å². The zero-order valence-corrected chi connectivity index (χ0v) is 18.5. The first-order valence-corrected chi connectivity index (χ1v) is 11.6. The molecular weight excluding hydrogens is 439 g/mol. The molecule has 0 unspecified atom stereocenters. The predicted molar refractivity (Wildman–Crippen MR) is 121 cm³/mol. The third-order valence-corrected chi connectivity index (χ3v) is 6.78. The van der Waals surface area contributed by atoms with E-state index >= 15 is 0 Å². The van der Waals surface area contributed by atoms with Crippen LogP contribution in [-0.4, -0.2) is 26.7 Å². The topological polar surface area (TPSA) is 84.5 Å². The number of carbonyl (C=O) groups is 1. The summed E-state index contributed by atoms with van der Waals surface area (Å²) in [5.41, 5.74) is 0.732. The molecule has 31 heavy (non-hydrogen) atoms. The molecule has 0 bridgehead atoms. The number of amides is 1. The molecule has 3 aromatic carbocycles. The van der Waals surface area contributed by atoms with E-state index < -0.39 is 15.8 Å². The van der Waals surface area contributed by atoms with Gasteiger partial charge in [-0.2, -0.15) is 0 Å². The minimum absolute atomic E-state index is 0.0236. The van der Waals surface area contributed by atoms with Crippen molar-refractivity contribution in [3.8, 4) is 5.75 Å². The van der Waals surface area contributed by atoms with E-state index in [1.54, 1.807) is 14.0 Å². The van der Waals surface area contributed by atoms with Gasteiger partial charge in [0, 0.05) is 16.3 Å². The quantitative estimate of drug-likeness (QED) is 0.474. The summed E-state index contributed by atoms with van der Waals surface area (Å²) in [4.78, 5) is 13.4. The number of carbonyl (C=O) groups excluding carboxylic acids is 1. The first-order chi connectivity index (χ1) is 14.8. The van der Waals surface area contributed by atoms with E-state index in [9.17, 15) is 17.6 Å². The third kappa shape index (κ3) is 6.22. The summed E-state index contributed by atoms with van der Waals surface area (Å²) in [5, 5.41) is 2.41. The van der Waals surface area contributed by atoms with Crippen molar-refractivity contribution in [3.63, 3.8) is 0 Å². The van der Waals surface area contributed by atoms with Crippen LogP contribution < -0.4 is 14.8 Å². The van der Waals surface area contributed by atoms with E-state index in [0.717, 1.165) is 10.6 Å². The highest BCUT2D eigenvalue weighted by atomic mass is 32.2.